The Morgan fingerprint density at radius 2 is 2.20 bits per heavy atom. The summed E-state index contributed by atoms with van der Waals surface area (Å²) in [7, 11) is 0. The fourth-order valence-corrected chi connectivity index (χ4v) is 3.05. The monoisotopic (exact) mass is 291 g/mol. The first-order valence-corrected chi connectivity index (χ1v) is 7.89. The van der Waals surface area contributed by atoms with Crippen molar-refractivity contribution in [2.75, 3.05) is 13.1 Å². The van der Waals surface area contributed by atoms with E-state index < -0.39 is 0 Å². The van der Waals surface area contributed by atoms with E-state index in [1.165, 1.54) is 5.56 Å². The number of nitrogens with zero attached hydrogens (tertiary/aromatic N) is 1. The number of carbonyl (C=O) groups is 1. The van der Waals surface area contributed by atoms with Crippen LogP contribution in [0.15, 0.2) is 35.3 Å². The van der Waals surface area contributed by atoms with Crippen molar-refractivity contribution in [3.05, 3.63) is 35.9 Å². The van der Waals surface area contributed by atoms with Gasteiger partial charge in [-0.15, -0.1) is 0 Å². The summed E-state index contributed by atoms with van der Waals surface area (Å²) in [6.45, 7) is 5.39. The summed E-state index contributed by atoms with van der Waals surface area (Å²) in [6.07, 6.45) is 0.949. The van der Waals surface area contributed by atoms with Gasteiger partial charge in [0, 0.05) is 6.54 Å². The minimum Gasteiger partial charge on any atom is -0.354 e. The second-order valence-electron chi connectivity index (χ2n) is 4.82. The number of carbonyl (C=O) groups excluding carboxylic acids is 1. The second-order valence-corrected chi connectivity index (χ2v) is 6.01. The summed E-state index contributed by atoms with van der Waals surface area (Å²) in [5, 5.41) is 7.28. The van der Waals surface area contributed by atoms with E-state index in [1.54, 1.807) is 11.8 Å². The van der Waals surface area contributed by atoms with Crippen molar-refractivity contribution < 1.29 is 4.79 Å². The molecule has 0 radical (unpaired) electrons. The summed E-state index contributed by atoms with van der Waals surface area (Å²) in [5.41, 5.74) is 1.28. The number of hydrogen-bond acceptors (Lipinski definition) is 4. The predicted octanol–water partition coefficient (Wildman–Crippen LogP) is 2.33. The number of hydrogen-bond donors (Lipinski definition) is 2. The van der Waals surface area contributed by atoms with E-state index in [0.29, 0.717) is 5.25 Å². The average Bonchev–Trinajstić information content (AvgIpc) is 2.94. The highest BCUT2D eigenvalue weighted by atomic mass is 32.2. The first-order valence-electron chi connectivity index (χ1n) is 7.01. The van der Waals surface area contributed by atoms with Crippen LogP contribution >= 0.6 is 11.8 Å². The Morgan fingerprint density at radius 1 is 1.45 bits per heavy atom. The molecule has 1 aromatic rings. The van der Waals surface area contributed by atoms with Gasteiger partial charge >= 0.3 is 0 Å². The van der Waals surface area contributed by atoms with Gasteiger partial charge in [-0.25, -0.2) is 0 Å². The number of rotatable bonds is 5. The van der Waals surface area contributed by atoms with Crippen LogP contribution in [0.25, 0.3) is 0 Å². The van der Waals surface area contributed by atoms with Crippen molar-refractivity contribution in [2.45, 2.75) is 31.6 Å². The average molecular weight is 291 g/mol. The van der Waals surface area contributed by atoms with Crippen LogP contribution in [0.1, 0.15) is 31.1 Å². The zero-order valence-corrected chi connectivity index (χ0v) is 12.7. The number of aliphatic imine (C=N–C) groups is 1. The lowest BCUT2D eigenvalue weighted by Gasteiger charge is -2.15. The Balaban J connectivity index is 1.82. The molecular weight excluding hydrogens is 270 g/mol. The molecule has 0 aliphatic carbocycles. The Labute approximate surface area is 124 Å². The molecule has 2 unspecified atom stereocenters. The molecule has 4 nitrogen and oxygen atoms in total. The molecule has 20 heavy (non-hydrogen) atoms. The standard InChI is InChI=1S/C15H21N3OS/c1-3-9-16-14(19)11(2)18-15-17-10-13(20-15)12-7-5-4-6-8-12/h4-8,11,13H,3,9-10H2,1-2H3,(H,16,19)(H,17,18). The molecule has 0 spiro atoms. The summed E-state index contributed by atoms with van der Waals surface area (Å²) in [4.78, 5) is 16.3. The van der Waals surface area contributed by atoms with Gasteiger partial charge in [-0.3, -0.25) is 9.79 Å². The molecule has 108 valence electrons. The summed E-state index contributed by atoms with van der Waals surface area (Å²) >= 11 is 1.69. The summed E-state index contributed by atoms with van der Waals surface area (Å²) in [5.74, 6) is 0.0262. The molecule has 0 saturated carbocycles. The largest absolute Gasteiger partial charge is 0.354 e. The second kappa shape index (κ2) is 7.33. The van der Waals surface area contributed by atoms with Crippen molar-refractivity contribution in [3.63, 3.8) is 0 Å². The lowest BCUT2D eigenvalue weighted by molar-refractivity contribution is -0.122. The minimum absolute atomic E-state index is 0.0262. The number of nitrogens with one attached hydrogen (secondary N) is 2. The first kappa shape index (κ1) is 14.9. The SMILES string of the molecule is CCCNC(=O)C(C)NC1=NCC(c2ccccc2)S1. The Bertz CT molecular complexity index is 475. The molecule has 5 heteroatoms. The molecule has 1 aromatic carbocycles. The van der Waals surface area contributed by atoms with Crippen LogP contribution in [0, 0.1) is 0 Å². The maximum Gasteiger partial charge on any atom is 0.242 e. The van der Waals surface area contributed by atoms with Crippen LogP contribution in [0.5, 0.6) is 0 Å². The highest BCUT2D eigenvalue weighted by Gasteiger charge is 2.23. The third-order valence-electron chi connectivity index (χ3n) is 3.11. The Kier molecular flexibility index (Phi) is 5.47. The number of benzene rings is 1. The molecule has 1 heterocycles. The van der Waals surface area contributed by atoms with E-state index in [9.17, 15) is 4.79 Å². The lowest BCUT2D eigenvalue weighted by atomic mass is 10.1. The van der Waals surface area contributed by atoms with Crippen LogP contribution < -0.4 is 10.6 Å². The maximum absolute atomic E-state index is 11.8. The topological polar surface area (TPSA) is 53.5 Å². The highest BCUT2D eigenvalue weighted by molar-refractivity contribution is 8.14. The van der Waals surface area contributed by atoms with Crippen LogP contribution in [0.2, 0.25) is 0 Å². The van der Waals surface area contributed by atoms with Crippen LogP contribution in [0.3, 0.4) is 0 Å². The maximum atomic E-state index is 11.8. The third-order valence-corrected chi connectivity index (χ3v) is 4.28. The van der Waals surface area contributed by atoms with Gasteiger partial charge in [-0.05, 0) is 18.9 Å². The zero-order valence-electron chi connectivity index (χ0n) is 11.9. The van der Waals surface area contributed by atoms with E-state index in [4.69, 9.17) is 0 Å². The zero-order chi connectivity index (χ0) is 14.4. The van der Waals surface area contributed by atoms with Crippen LogP contribution in [0.4, 0.5) is 0 Å². The molecule has 0 bridgehead atoms. The van der Waals surface area contributed by atoms with Crippen molar-refractivity contribution >= 4 is 22.8 Å². The van der Waals surface area contributed by atoms with E-state index in [1.807, 2.05) is 32.0 Å². The summed E-state index contributed by atoms with van der Waals surface area (Å²) in [6, 6.07) is 10.1. The number of thioether (sulfide) groups is 1. The third kappa shape index (κ3) is 4.00. The minimum atomic E-state index is -0.248. The van der Waals surface area contributed by atoms with E-state index >= 15 is 0 Å². The fourth-order valence-electron chi connectivity index (χ4n) is 1.95. The van der Waals surface area contributed by atoms with Crippen molar-refractivity contribution in [2.24, 2.45) is 4.99 Å². The van der Waals surface area contributed by atoms with Gasteiger partial charge < -0.3 is 10.6 Å². The molecule has 1 aliphatic heterocycles. The molecule has 0 aromatic heterocycles. The first-order chi connectivity index (χ1) is 9.70. The molecule has 0 saturated heterocycles. The molecule has 2 rings (SSSR count). The van der Waals surface area contributed by atoms with Crippen molar-refractivity contribution in [1.82, 2.24) is 10.6 Å². The van der Waals surface area contributed by atoms with Crippen molar-refractivity contribution in [3.8, 4) is 0 Å². The van der Waals surface area contributed by atoms with Gasteiger partial charge in [0.1, 0.15) is 6.04 Å². The van der Waals surface area contributed by atoms with Gasteiger partial charge in [0.25, 0.3) is 0 Å². The number of amides is 1. The van der Waals surface area contributed by atoms with Crippen LogP contribution in [-0.2, 0) is 4.79 Å². The highest BCUT2D eigenvalue weighted by Crippen LogP contribution is 2.34. The Hall–Kier alpha value is -1.49. The normalized spacial score (nSPS) is 19.3. The number of amidine groups is 1. The van der Waals surface area contributed by atoms with Crippen molar-refractivity contribution in [1.29, 1.82) is 0 Å². The smallest absolute Gasteiger partial charge is 0.242 e. The van der Waals surface area contributed by atoms with E-state index in [2.05, 4.69) is 27.8 Å². The Morgan fingerprint density at radius 3 is 2.90 bits per heavy atom. The van der Waals surface area contributed by atoms with Gasteiger partial charge in [0.05, 0.1) is 11.8 Å². The van der Waals surface area contributed by atoms with E-state index in [-0.39, 0.29) is 11.9 Å². The van der Waals surface area contributed by atoms with E-state index in [0.717, 1.165) is 24.7 Å². The van der Waals surface area contributed by atoms with Gasteiger partial charge in [0.15, 0.2) is 5.17 Å². The lowest BCUT2D eigenvalue weighted by Crippen LogP contribution is -2.43. The predicted molar refractivity (Wildman–Crippen MR) is 85.0 cm³/mol. The van der Waals surface area contributed by atoms with Gasteiger partial charge in [-0.2, -0.15) is 0 Å². The summed E-state index contributed by atoms with van der Waals surface area (Å²) < 4.78 is 0. The fraction of sp³-hybridized carbons (Fsp3) is 0.467. The molecule has 2 atom stereocenters. The molecular formula is C15H21N3OS. The quantitative estimate of drug-likeness (QED) is 0.875. The van der Waals surface area contributed by atoms with Crippen LogP contribution in [-0.4, -0.2) is 30.2 Å². The molecule has 1 amide bonds. The molecule has 0 fully saturated rings. The molecule has 2 N–H and O–H groups in total. The van der Waals surface area contributed by atoms with Gasteiger partial charge in [0.2, 0.25) is 5.91 Å². The van der Waals surface area contributed by atoms with Gasteiger partial charge in [-0.1, -0.05) is 49.0 Å². The molecule has 1 aliphatic rings.